The average molecular weight is 317 g/mol. The molecule has 3 nitrogen and oxygen atoms in total. The molecule has 0 spiro atoms. The Morgan fingerprint density at radius 2 is 1.52 bits per heavy atom. The zero-order valence-corrected chi connectivity index (χ0v) is 14.0. The zero-order valence-electron chi connectivity index (χ0n) is 14.0. The monoisotopic (exact) mass is 317 g/mol. The van der Waals surface area contributed by atoms with Crippen LogP contribution in [0.5, 0.6) is 0 Å². The number of anilines is 1. The molecular weight excluding hydrogens is 289 g/mol. The third-order valence-corrected chi connectivity index (χ3v) is 6.04. The summed E-state index contributed by atoms with van der Waals surface area (Å²) in [6.45, 7) is 6.58. The molecule has 23 heavy (non-hydrogen) atoms. The van der Waals surface area contributed by atoms with Gasteiger partial charge in [0.2, 0.25) is 0 Å². The number of halogens is 1. The van der Waals surface area contributed by atoms with Gasteiger partial charge in [-0.15, -0.1) is 0 Å². The number of piperidine rings is 1. The second kappa shape index (κ2) is 6.78. The molecule has 126 valence electrons. The first-order valence-corrected chi connectivity index (χ1v) is 9.29. The lowest BCUT2D eigenvalue weighted by Crippen LogP contribution is -2.57. The van der Waals surface area contributed by atoms with E-state index in [0.717, 1.165) is 37.9 Å². The van der Waals surface area contributed by atoms with Crippen molar-refractivity contribution >= 4 is 5.69 Å². The van der Waals surface area contributed by atoms with Crippen molar-refractivity contribution < 1.29 is 4.39 Å². The van der Waals surface area contributed by atoms with Crippen LogP contribution in [0.1, 0.15) is 32.1 Å². The Morgan fingerprint density at radius 3 is 2.22 bits per heavy atom. The van der Waals surface area contributed by atoms with Gasteiger partial charge in [-0.25, -0.2) is 4.39 Å². The summed E-state index contributed by atoms with van der Waals surface area (Å²) in [4.78, 5) is 7.60. The van der Waals surface area contributed by atoms with Gasteiger partial charge in [0.1, 0.15) is 5.82 Å². The van der Waals surface area contributed by atoms with E-state index in [1.165, 1.54) is 45.2 Å². The minimum atomic E-state index is -0.0882. The summed E-state index contributed by atoms with van der Waals surface area (Å²) < 4.78 is 13.9. The zero-order chi connectivity index (χ0) is 15.6. The molecule has 1 aromatic rings. The molecule has 1 aliphatic carbocycles. The smallest absolute Gasteiger partial charge is 0.146 e. The lowest BCUT2D eigenvalue weighted by molar-refractivity contribution is 0.0419. The summed E-state index contributed by atoms with van der Waals surface area (Å²) in [5, 5.41) is 0. The fraction of sp³-hybridized carbons (Fsp3) is 0.684. The Balaban J connectivity index is 1.33. The molecule has 4 heteroatoms. The molecule has 1 aromatic carbocycles. The Labute approximate surface area is 139 Å². The lowest BCUT2D eigenvalue weighted by Gasteiger charge is -2.47. The first-order valence-electron chi connectivity index (χ1n) is 9.29. The van der Waals surface area contributed by atoms with Crippen molar-refractivity contribution in [1.82, 2.24) is 9.80 Å². The van der Waals surface area contributed by atoms with E-state index in [-0.39, 0.29) is 5.82 Å². The molecule has 0 radical (unpaired) electrons. The van der Waals surface area contributed by atoms with E-state index in [1.54, 1.807) is 12.1 Å². The van der Waals surface area contributed by atoms with Gasteiger partial charge in [0.25, 0.3) is 0 Å². The van der Waals surface area contributed by atoms with Crippen LogP contribution in [-0.4, -0.2) is 61.2 Å². The van der Waals surface area contributed by atoms with Crippen molar-refractivity contribution in [2.75, 3.05) is 44.2 Å². The topological polar surface area (TPSA) is 9.72 Å². The molecule has 0 N–H and O–H groups in total. The highest BCUT2D eigenvalue weighted by Crippen LogP contribution is 2.29. The number of hydrogen-bond acceptors (Lipinski definition) is 3. The highest BCUT2D eigenvalue weighted by Gasteiger charge is 2.33. The van der Waals surface area contributed by atoms with Crippen LogP contribution in [0.3, 0.4) is 0 Å². The maximum atomic E-state index is 13.9. The van der Waals surface area contributed by atoms with Crippen molar-refractivity contribution in [3.05, 3.63) is 30.1 Å². The lowest BCUT2D eigenvalue weighted by atomic mass is 9.89. The molecule has 4 rings (SSSR count). The second-order valence-electron chi connectivity index (χ2n) is 7.35. The largest absolute Gasteiger partial charge is 0.367 e. The third-order valence-electron chi connectivity index (χ3n) is 6.04. The van der Waals surface area contributed by atoms with Crippen LogP contribution in [0.25, 0.3) is 0 Å². The van der Waals surface area contributed by atoms with E-state index in [0.29, 0.717) is 6.04 Å². The minimum Gasteiger partial charge on any atom is -0.367 e. The summed E-state index contributed by atoms with van der Waals surface area (Å²) >= 11 is 0. The number of para-hydroxylation sites is 1. The highest BCUT2D eigenvalue weighted by molar-refractivity contribution is 5.48. The van der Waals surface area contributed by atoms with Gasteiger partial charge in [0.15, 0.2) is 0 Å². The van der Waals surface area contributed by atoms with Crippen LogP contribution >= 0.6 is 0 Å². The molecule has 2 saturated heterocycles. The summed E-state index contributed by atoms with van der Waals surface area (Å²) in [6.07, 6.45) is 6.92. The third kappa shape index (κ3) is 3.24. The molecule has 0 aromatic heterocycles. The van der Waals surface area contributed by atoms with Crippen LogP contribution in [0, 0.1) is 5.82 Å². The van der Waals surface area contributed by atoms with Crippen molar-refractivity contribution in [3.63, 3.8) is 0 Å². The van der Waals surface area contributed by atoms with Gasteiger partial charge < -0.3 is 4.90 Å². The molecule has 2 heterocycles. The van der Waals surface area contributed by atoms with Gasteiger partial charge >= 0.3 is 0 Å². The van der Waals surface area contributed by atoms with Crippen LogP contribution in [0.15, 0.2) is 24.3 Å². The normalized spacial score (nSPS) is 27.9. The minimum absolute atomic E-state index is 0.0882. The maximum Gasteiger partial charge on any atom is 0.146 e. The van der Waals surface area contributed by atoms with Gasteiger partial charge in [-0.1, -0.05) is 18.6 Å². The van der Waals surface area contributed by atoms with E-state index in [2.05, 4.69) is 14.7 Å². The molecule has 0 unspecified atom stereocenters. The van der Waals surface area contributed by atoms with Crippen molar-refractivity contribution in [2.45, 2.75) is 44.2 Å². The quantitative estimate of drug-likeness (QED) is 0.848. The number of hydrogen-bond donors (Lipinski definition) is 0. The summed E-state index contributed by atoms with van der Waals surface area (Å²) in [7, 11) is 0. The van der Waals surface area contributed by atoms with Crippen LogP contribution in [0.2, 0.25) is 0 Å². The molecule has 2 aliphatic heterocycles. The number of rotatable bonds is 3. The van der Waals surface area contributed by atoms with E-state index in [4.69, 9.17) is 0 Å². The molecule has 1 saturated carbocycles. The number of piperazine rings is 1. The molecule has 3 aliphatic rings. The van der Waals surface area contributed by atoms with Crippen molar-refractivity contribution in [3.8, 4) is 0 Å². The highest BCUT2D eigenvalue weighted by atomic mass is 19.1. The Bertz CT molecular complexity index is 523. The molecule has 3 fully saturated rings. The van der Waals surface area contributed by atoms with Crippen molar-refractivity contribution in [1.29, 1.82) is 0 Å². The van der Waals surface area contributed by atoms with Crippen LogP contribution in [0.4, 0.5) is 10.1 Å². The van der Waals surface area contributed by atoms with E-state index >= 15 is 0 Å². The fourth-order valence-electron chi connectivity index (χ4n) is 4.40. The number of likely N-dealkylation sites (tertiary alicyclic amines) is 1. The predicted molar refractivity (Wildman–Crippen MR) is 92.4 cm³/mol. The number of benzene rings is 1. The number of nitrogens with zero attached hydrogens (tertiary/aromatic N) is 3. The molecule has 0 bridgehead atoms. The van der Waals surface area contributed by atoms with Gasteiger partial charge in [-0.3, -0.25) is 9.80 Å². The standard InChI is InChI=1S/C19H28FN3/c20-18-8-1-2-9-19(18)22-13-11-21(12-14-22)17-7-4-10-23(15-17)16-5-3-6-16/h1-2,8-9,16-17H,3-7,10-15H2/t17-/m0/s1. The Hall–Kier alpha value is -1.13. The van der Waals surface area contributed by atoms with Crippen LogP contribution in [-0.2, 0) is 0 Å². The predicted octanol–water partition coefficient (Wildman–Crippen LogP) is 2.96. The first kappa shape index (κ1) is 15.4. The molecular formula is C19H28FN3. The van der Waals surface area contributed by atoms with Gasteiger partial charge in [0, 0.05) is 44.8 Å². The average Bonchev–Trinajstić information content (AvgIpc) is 2.54. The van der Waals surface area contributed by atoms with E-state index in [9.17, 15) is 4.39 Å². The summed E-state index contributed by atoms with van der Waals surface area (Å²) in [5.74, 6) is -0.0882. The SMILES string of the molecule is Fc1ccccc1N1CCN([C@H]2CCCN(C3CCC3)C2)CC1. The second-order valence-corrected chi connectivity index (χ2v) is 7.35. The first-order chi connectivity index (χ1) is 11.3. The van der Waals surface area contributed by atoms with Crippen molar-refractivity contribution in [2.24, 2.45) is 0 Å². The maximum absolute atomic E-state index is 13.9. The van der Waals surface area contributed by atoms with Crippen LogP contribution < -0.4 is 4.90 Å². The Morgan fingerprint density at radius 1 is 0.783 bits per heavy atom. The summed E-state index contributed by atoms with van der Waals surface area (Å²) in [5.41, 5.74) is 0.770. The van der Waals surface area contributed by atoms with E-state index < -0.39 is 0 Å². The summed E-state index contributed by atoms with van der Waals surface area (Å²) in [6, 6.07) is 8.77. The van der Waals surface area contributed by atoms with E-state index in [1.807, 2.05) is 12.1 Å². The van der Waals surface area contributed by atoms with Gasteiger partial charge in [-0.2, -0.15) is 0 Å². The fourth-order valence-corrected chi connectivity index (χ4v) is 4.40. The Kier molecular flexibility index (Phi) is 4.54. The molecule has 0 amide bonds. The van der Waals surface area contributed by atoms with Gasteiger partial charge in [0.05, 0.1) is 5.69 Å². The van der Waals surface area contributed by atoms with Gasteiger partial charge in [-0.05, 0) is 44.4 Å². The molecule has 1 atom stereocenters.